The van der Waals surface area contributed by atoms with Crippen molar-refractivity contribution >= 4 is 5.97 Å². The van der Waals surface area contributed by atoms with Gasteiger partial charge in [-0.2, -0.15) is 0 Å². The van der Waals surface area contributed by atoms with Gasteiger partial charge in [-0.05, 0) is 83.8 Å². The van der Waals surface area contributed by atoms with Crippen molar-refractivity contribution < 1.29 is 19.4 Å². The highest BCUT2D eigenvalue weighted by Gasteiger charge is 2.58. The first-order chi connectivity index (χ1) is 13.4. The molecule has 0 unspecified atom stereocenters. The van der Waals surface area contributed by atoms with Crippen LogP contribution < -0.4 is 0 Å². The van der Waals surface area contributed by atoms with Gasteiger partial charge in [0.25, 0.3) is 0 Å². The van der Waals surface area contributed by atoms with E-state index in [4.69, 9.17) is 9.47 Å². The Morgan fingerprint density at radius 2 is 2.00 bits per heavy atom. The Morgan fingerprint density at radius 1 is 1.31 bits per heavy atom. The van der Waals surface area contributed by atoms with E-state index in [2.05, 4.69) is 39.5 Å². The number of carbonyl (C=O) groups excluding carboxylic acids is 1. The first kappa shape index (κ1) is 23.6. The Balaban J connectivity index is 2.31. The molecule has 0 amide bonds. The predicted molar refractivity (Wildman–Crippen MR) is 117 cm³/mol. The van der Waals surface area contributed by atoms with Gasteiger partial charge in [0.2, 0.25) is 0 Å². The Kier molecular flexibility index (Phi) is 7.69. The molecule has 0 radical (unpaired) electrons. The van der Waals surface area contributed by atoms with E-state index in [1.807, 2.05) is 26.8 Å². The van der Waals surface area contributed by atoms with E-state index in [0.29, 0.717) is 12.8 Å². The van der Waals surface area contributed by atoms with Gasteiger partial charge in [0.15, 0.2) is 6.10 Å². The summed E-state index contributed by atoms with van der Waals surface area (Å²) in [6.07, 6.45) is 10.7. The van der Waals surface area contributed by atoms with E-state index >= 15 is 0 Å². The third-order valence-electron chi connectivity index (χ3n) is 5.99. The number of rotatable bonds is 5. The van der Waals surface area contributed by atoms with Crippen LogP contribution in [0.3, 0.4) is 0 Å². The minimum Gasteiger partial charge on any atom is -0.452 e. The number of aliphatic hydroxyl groups excluding tert-OH is 1. The summed E-state index contributed by atoms with van der Waals surface area (Å²) in [7, 11) is 0. The van der Waals surface area contributed by atoms with E-state index in [1.165, 1.54) is 11.6 Å². The lowest BCUT2D eigenvalue weighted by atomic mass is 9.78. The molecule has 162 valence electrons. The number of ether oxygens (including phenoxy) is 2. The summed E-state index contributed by atoms with van der Waals surface area (Å²) in [5.74, 6) is -0.347. The van der Waals surface area contributed by atoms with Crippen LogP contribution in [0.15, 0.2) is 47.6 Å². The zero-order valence-corrected chi connectivity index (χ0v) is 19.0. The van der Waals surface area contributed by atoms with Gasteiger partial charge < -0.3 is 14.6 Å². The summed E-state index contributed by atoms with van der Waals surface area (Å²) in [5, 5.41) is 10.7. The lowest BCUT2D eigenvalue weighted by Gasteiger charge is -2.30. The highest BCUT2D eigenvalue weighted by atomic mass is 16.6. The molecule has 1 fully saturated rings. The van der Waals surface area contributed by atoms with Crippen molar-refractivity contribution in [3.8, 4) is 0 Å². The molecule has 29 heavy (non-hydrogen) atoms. The van der Waals surface area contributed by atoms with E-state index in [9.17, 15) is 9.90 Å². The maximum atomic E-state index is 12.3. The summed E-state index contributed by atoms with van der Waals surface area (Å²) in [4.78, 5) is 12.3. The standard InChI is InChI=1S/C25H38O4/c1-17(2)9-8-13-24(6)14-12-21(28-23(27)15-18(3)4)25(7)22(29-25)11-10-19(5)20(26)16-24/h9,12,14-15,20-22,26H,5,8,10-11,13,16H2,1-4,6-7H3/b14-12+/t20-,21-,22-,24-,25+/m1/s1. The van der Waals surface area contributed by atoms with Crippen LogP contribution in [0.25, 0.3) is 0 Å². The lowest BCUT2D eigenvalue weighted by Crippen LogP contribution is -2.32. The molecule has 1 N–H and O–H groups in total. The molecule has 5 atom stereocenters. The van der Waals surface area contributed by atoms with Gasteiger partial charge in [-0.3, -0.25) is 0 Å². The minimum absolute atomic E-state index is 0.00404. The molecule has 4 heteroatoms. The van der Waals surface area contributed by atoms with Crippen LogP contribution in [0.1, 0.15) is 73.6 Å². The Hall–Kier alpha value is -1.65. The van der Waals surface area contributed by atoms with Crippen LogP contribution in [0, 0.1) is 5.41 Å². The van der Waals surface area contributed by atoms with E-state index in [0.717, 1.165) is 30.4 Å². The summed E-state index contributed by atoms with van der Waals surface area (Å²) in [5.41, 5.74) is 2.28. The third kappa shape index (κ3) is 6.68. The molecule has 1 aliphatic carbocycles. The van der Waals surface area contributed by atoms with Crippen LogP contribution in [0.2, 0.25) is 0 Å². The normalized spacial score (nSPS) is 35.6. The van der Waals surface area contributed by atoms with E-state index < -0.39 is 17.8 Å². The number of aliphatic hydroxyl groups is 1. The second-order valence-corrected chi connectivity index (χ2v) is 9.62. The molecule has 0 aromatic heterocycles. The highest BCUT2D eigenvalue weighted by Crippen LogP contribution is 2.46. The summed E-state index contributed by atoms with van der Waals surface area (Å²) in [6, 6.07) is 0. The highest BCUT2D eigenvalue weighted by molar-refractivity contribution is 5.83. The van der Waals surface area contributed by atoms with Crippen LogP contribution in [-0.2, 0) is 14.3 Å². The molecule has 0 bridgehead atoms. The number of hydrogen-bond acceptors (Lipinski definition) is 4. The first-order valence-corrected chi connectivity index (χ1v) is 10.7. The number of carbonyl (C=O) groups is 1. The largest absolute Gasteiger partial charge is 0.452 e. The van der Waals surface area contributed by atoms with Gasteiger partial charge in [0, 0.05) is 6.08 Å². The van der Waals surface area contributed by atoms with Crippen LogP contribution in [-0.4, -0.2) is 35.0 Å². The zero-order valence-electron chi connectivity index (χ0n) is 19.0. The fraction of sp³-hybridized carbons (Fsp3) is 0.640. The Bertz CT molecular complexity index is 708. The van der Waals surface area contributed by atoms with E-state index in [1.54, 1.807) is 0 Å². The summed E-state index contributed by atoms with van der Waals surface area (Å²) >= 11 is 0. The molecule has 4 nitrogen and oxygen atoms in total. The summed E-state index contributed by atoms with van der Waals surface area (Å²) in [6.45, 7) is 16.2. The number of allylic oxidation sites excluding steroid dienone is 4. The molecule has 0 saturated carbocycles. The molecule has 0 aromatic carbocycles. The van der Waals surface area contributed by atoms with Crippen LogP contribution >= 0.6 is 0 Å². The molecule has 2 rings (SSSR count). The van der Waals surface area contributed by atoms with Crippen molar-refractivity contribution in [3.63, 3.8) is 0 Å². The van der Waals surface area contributed by atoms with Gasteiger partial charge in [0.05, 0.1) is 12.2 Å². The molecule has 0 spiro atoms. The van der Waals surface area contributed by atoms with Crippen LogP contribution in [0.4, 0.5) is 0 Å². The van der Waals surface area contributed by atoms with E-state index in [-0.39, 0.29) is 17.5 Å². The molecule has 1 saturated heterocycles. The van der Waals surface area contributed by atoms with Crippen molar-refractivity contribution in [3.05, 3.63) is 47.6 Å². The average molecular weight is 403 g/mol. The SMILES string of the molecule is C=C1CC[C@H]2O[C@@]2(C)[C@H](OC(=O)C=C(C)C)/C=C/[C@@](C)(CCC=C(C)C)C[C@H]1O. The van der Waals surface area contributed by atoms with Gasteiger partial charge >= 0.3 is 5.97 Å². The monoisotopic (exact) mass is 402 g/mol. The molecular weight excluding hydrogens is 364 g/mol. The van der Waals surface area contributed by atoms with Crippen molar-refractivity contribution in [2.45, 2.75) is 97.6 Å². The fourth-order valence-corrected chi connectivity index (χ4v) is 3.94. The number of esters is 1. The van der Waals surface area contributed by atoms with Crippen molar-refractivity contribution in [1.82, 2.24) is 0 Å². The Morgan fingerprint density at radius 3 is 2.62 bits per heavy atom. The van der Waals surface area contributed by atoms with Crippen molar-refractivity contribution in [2.24, 2.45) is 5.41 Å². The van der Waals surface area contributed by atoms with Gasteiger partial charge in [-0.1, -0.05) is 36.8 Å². The average Bonchev–Trinajstić information content (AvgIpc) is 3.26. The van der Waals surface area contributed by atoms with Gasteiger partial charge in [-0.25, -0.2) is 4.79 Å². The smallest absolute Gasteiger partial charge is 0.331 e. The topological polar surface area (TPSA) is 59.1 Å². The summed E-state index contributed by atoms with van der Waals surface area (Å²) < 4.78 is 11.8. The number of epoxide rings is 1. The third-order valence-corrected chi connectivity index (χ3v) is 5.99. The quantitative estimate of drug-likeness (QED) is 0.288. The molecule has 2 aliphatic rings. The molecule has 1 heterocycles. The van der Waals surface area contributed by atoms with Crippen LogP contribution in [0.5, 0.6) is 0 Å². The lowest BCUT2D eigenvalue weighted by molar-refractivity contribution is -0.143. The Labute approximate surface area is 176 Å². The molecular formula is C25H38O4. The first-order valence-electron chi connectivity index (χ1n) is 10.7. The number of fused-ring (bicyclic) bond motifs is 1. The second kappa shape index (κ2) is 9.44. The molecule has 1 aliphatic heterocycles. The second-order valence-electron chi connectivity index (χ2n) is 9.62. The van der Waals surface area contributed by atoms with Gasteiger partial charge in [0.1, 0.15) is 5.60 Å². The fourth-order valence-electron chi connectivity index (χ4n) is 3.94. The van der Waals surface area contributed by atoms with Gasteiger partial charge in [-0.15, -0.1) is 0 Å². The maximum absolute atomic E-state index is 12.3. The molecule has 0 aromatic rings. The minimum atomic E-state index is -0.550. The predicted octanol–water partition coefficient (Wildman–Crippen LogP) is 5.43. The van der Waals surface area contributed by atoms with Crippen molar-refractivity contribution in [2.75, 3.05) is 0 Å². The maximum Gasteiger partial charge on any atom is 0.331 e. The number of hydrogen-bond donors (Lipinski definition) is 1. The zero-order chi connectivity index (χ0) is 21.8. The van der Waals surface area contributed by atoms with Crippen molar-refractivity contribution in [1.29, 1.82) is 0 Å².